The van der Waals surface area contributed by atoms with E-state index in [4.69, 9.17) is 4.74 Å². The minimum Gasteiger partial charge on any atom is -0.481 e. The summed E-state index contributed by atoms with van der Waals surface area (Å²) >= 11 is 0. The fourth-order valence-corrected chi connectivity index (χ4v) is 3.76. The lowest BCUT2D eigenvalue weighted by atomic mass is 9.99. The van der Waals surface area contributed by atoms with Crippen molar-refractivity contribution in [1.82, 2.24) is 24.9 Å². The molecule has 1 aromatic carbocycles. The van der Waals surface area contributed by atoms with Gasteiger partial charge in [0.25, 0.3) is 11.5 Å². The van der Waals surface area contributed by atoms with Gasteiger partial charge in [0.15, 0.2) is 5.82 Å². The van der Waals surface area contributed by atoms with E-state index in [2.05, 4.69) is 20.4 Å². The maximum absolute atomic E-state index is 13.2. The smallest absolute Gasteiger partial charge is 0.275 e. The molecule has 170 valence electrons. The number of aromatic amines is 1. The number of pyridine rings is 1. The molecule has 4 aromatic rings. The minimum atomic E-state index is -0.376. The van der Waals surface area contributed by atoms with Crippen LogP contribution in [0.3, 0.4) is 0 Å². The molecule has 0 radical (unpaired) electrons. The van der Waals surface area contributed by atoms with Crippen LogP contribution >= 0.6 is 0 Å². The highest BCUT2D eigenvalue weighted by Gasteiger charge is 2.24. The van der Waals surface area contributed by atoms with Crippen molar-refractivity contribution in [2.75, 3.05) is 7.11 Å². The summed E-state index contributed by atoms with van der Waals surface area (Å²) in [6.45, 7) is 5.63. The SMILES string of the molecule is COc1cccc(-c2nn3cc(C(=O)N[C@@H](C)c4ccc(F)cc4)c(C(C)C)c3c(=O)[nH]2)n1. The summed E-state index contributed by atoms with van der Waals surface area (Å²) in [6, 6.07) is 10.7. The van der Waals surface area contributed by atoms with Gasteiger partial charge in [0.1, 0.15) is 17.0 Å². The van der Waals surface area contributed by atoms with E-state index >= 15 is 0 Å². The largest absolute Gasteiger partial charge is 0.481 e. The van der Waals surface area contributed by atoms with Gasteiger partial charge in [-0.1, -0.05) is 32.0 Å². The number of halogens is 1. The number of benzene rings is 1. The average Bonchev–Trinajstić information content (AvgIpc) is 3.20. The second kappa shape index (κ2) is 8.85. The molecule has 0 aliphatic rings. The first-order valence-electron chi connectivity index (χ1n) is 10.5. The first-order chi connectivity index (χ1) is 15.8. The second-order valence-corrected chi connectivity index (χ2v) is 8.02. The predicted molar refractivity (Wildman–Crippen MR) is 122 cm³/mol. The number of carbonyl (C=O) groups is 1. The highest BCUT2D eigenvalue weighted by molar-refractivity contribution is 5.98. The molecular weight excluding hydrogens is 425 g/mol. The number of fused-ring (bicyclic) bond motifs is 1. The standard InChI is InChI=1S/C24H24FN5O3/c1-13(2)20-17(23(31)26-14(3)15-8-10-16(25)11-9-15)12-30-21(20)24(32)28-22(29-30)18-6-5-7-19(27-18)33-4/h5-14H,1-4H3,(H,26,31)(H,28,29,32)/t14-/m0/s1. The highest BCUT2D eigenvalue weighted by atomic mass is 19.1. The average molecular weight is 449 g/mol. The van der Waals surface area contributed by atoms with Gasteiger partial charge in [0.2, 0.25) is 5.88 Å². The Kier molecular flexibility index (Phi) is 5.95. The van der Waals surface area contributed by atoms with Crippen molar-refractivity contribution < 1.29 is 13.9 Å². The number of amides is 1. The van der Waals surface area contributed by atoms with E-state index in [0.717, 1.165) is 5.56 Å². The van der Waals surface area contributed by atoms with Crippen LogP contribution in [0.1, 0.15) is 54.2 Å². The van der Waals surface area contributed by atoms with Gasteiger partial charge < -0.3 is 15.0 Å². The fourth-order valence-electron chi connectivity index (χ4n) is 3.76. The maximum Gasteiger partial charge on any atom is 0.275 e. The molecule has 0 unspecified atom stereocenters. The third-order valence-corrected chi connectivity index (χ3v) is 5.40. The second-order valence-electron chi connectivity index (χ2n) is 8.02. The predicted octanol–water partition coefficient (Wildman–Crippen LogP) is 3.85. The molecule has 0 spiro atoms. The number of ether oxygens (including phenoxy) is 1. The first-order valence-corrected chi connectivity index (χ1v) is 10.5. The van der Waals surface area contributed by atoms with Gasteiger partial charge in [-0.3, -0.25) is 9.59 Å². The molecule has 0 saturated carbocycles. The molecule has 8 nitrogen and oxygen atoms in total. The van der Waals surface area contributed by atoms with Crippen molar-refractivity contribution in [3.05, 3.63) is 81.5 Å². The van der Waals surface area contributed by atoms with Gasteiger partial charge in [0.05, 0.1) is 18.7 Å². The minimum absolute atomic E-state index is 0.111. The van der Waals surface area contributed by atoms with Crippen LogP contribution in [0.15, 0.2) is 53.5 Å². The maximum atomic E-state index is 13.2. The van der Waals surface area contributed by atoms with Gasteiger partial charge in [0, 0.05) is 17.8 Å². The lowest BCUT2D eigenvalue weighted by molar-refractivity contribution is 0.0938. The van der Waals surface area contributed by atoms with Crippen molar-refractivity contribution in [2.45, 2.75) is 32.7 Å². The molecule has 4 rings (SSSR count). The quantitative estimate of drug-likeness (QED) is 0.466. The molecule has 0 fully saturated rings. The monoisotopic (exact) mass is 449 g/mol. The lowest BCUT2D eigenvalue weighted by Gasteiger charge is -2.15. The summed E-state index contributed by atoms with van der Waals surface area (Å²) < 4.78 is 19.8. The zero-order valence-corrected chi connectivity index (χ0v) is 18.7. The Labute approximate surface area is 189 Å². The third-order valence-electron chi connectivity index (χ3n) is 5.40. The van der Waals surface area contributed by atoms with Crippen LogP contribution in [0, 0.1) is 5.82 Å². The van der Waals surface area contributed by atoms with Crippen LogP contribution in [-0.4, -0.2) is 32.6 Å². The molecule has 0 aliphatic heterocycles. The van der Waals surface area contributed by atoms with Gasteiger partial charge in [-0.25, -0.2) is 13.9 Å². The van der Waals surface area contributed by atoms with Gasteiger partial charge in [-0.2, -0.15) is 0 Å². The summed E-state index contributed by atoms with van der Waals surface area (Å²) in [5, 5.41) is 7.42. The molecule has 2 N–H and O–H groups in total. The van der Waals surface area contributed by atoms with E-state index in [0.29, 0.717) is 28.2 Å². The fraction of sp³-hybridized carbons (Fsp3) is 0.250. The number of H-pyrrole nitrogens is 1. The van der Waals surface area contributed by atoms with Crippen molar-refractivity contribution >= 4 is 11.4 Å². The van der Waals surface area contributed by atoms with Crippen molar-refractivity contribution in [1.29, 1.82) is 0 Å². The van der Waals surface area contributed by atoms with Gasteiger partial charge >= 0.3 is 0 Å². The van der Waals surface area contributed by atoms with Crippen molar-refractivity contribution in [2.24, 2.45) is 0 Å². The van der Waals surface area contributed by atoms with Crippen LogP contribution in [0.5, 0.6) is 5.88 Å². The number of carbonyl (C=O) groups excluding carboxylic acids is 1. The Bertz CT molecular complexity index is 1380. The first kappa shape index (κ1) is 22.2. The van der Waals surface area contributed by atoms with E-state index < -0.39 is 0 Å². The number of nitrogens with zero attached hydrogens (tertiary/aromatic N) is 3. The summed E-state index contributed by atoms with van der Waals surface area (Å²) in [5.74, 6) is -0.157. The molecule has 9 heteroatoms. The summed E-state index contributed by atoms with van der Waals surface area (Å²) in [5.41, 5.74) is 2.08. The molecule has 0 bridgehead atoms. The van der Waals surface area contributed by atoms with Gasteiger partial charge in [-0.05, 0) is 36.6 Å². The van der Waals surface area contributed by atoms with Crippen LogP contribution < -0.4 is 15.6 Å². The Morgan fingerprint density at radius 2 is 1.88 bits per heavy atom. The zero-order chi connectivity index (χ0) is 23.7. The highest BCUT2D eigenvalue weighted by Crippen LogP contribution is 2.26. The lowest BCUT2D eigenvalue weighted by Crippen LogP contribution is -2.27. The molecule has 0 aliphatic carbocycles. The molecule has 0 saturated heterocycles. The van der Waals surface area contributed by atoms with E-state index in [-0.39, 0.29) is 35.1 Å². The molecular formula is C24H24FN5O3. The van der Waals surface area contributed by atoms with E-state index in [1.54, 1.807) is 36.5 Å². The molecule has 1 atom stereocenters. The van der Waals surface area contributed by atoms with Gasteiger partial charge in [-0.15, -0.1) is 5.10 Å². The van der Waals surface area contributed by atoms with Crippen LogP contribution in [-0.2, 0) is 0 Å². The Morgan fingerprint density at radius 3 is 2.55 bits per heavy atom. The molecule has 3 aromatic heterocycles. The van der Waals surface area contributed by atoms with Crippen LogP contribution in [0.4, 0.5) is 4.39 Å². The Hall–Kier alpha value is -4.01. The van der Waals surface area contributed by atoms with Crippen LogP contribution in [0.25, 0.3) is 17.0 Å². The van der Waals surface area contributed by atoms with Crippen molar-refractivity contribution in [3.8, 4) is 17.4 Å². The number of hydrogen-bond acceptors (Lipinski definition) is 5. The topological polar surface area (TPSA) is 101 Å². The molecule has 1 amide bonds. The number of nitrogens with one attached hydrogen (secondary N) is 2. The summed E-state index contributed by atoms with van der Waals surface area (Å²) in [7, 11) is 1.50. The van der Waals surface area contributed by atoms with E-state index in [1.807, 2.05) is 20.8 Å². The normalized spacial score (nSPS) is 12.2. The number of methoxy groups -OCH3 is 1. The van der Waals surface area contributed by atoms with E-state index in [1.165, 1.54) is 23.8 Å². The van der Waals surface area contributed by atoms with Crippen molar-refractivity contribution in [3.63, 3.8) is 0 Å². The molecule has 33 heavy (non-hydrogen) atoms. The number of rotatable bonds is 6. The molecule has 3 heterocycles. The third kappa shape index (κ3) is 4.34. The zero-order valence-electron chi connectivity index (χ0n) is 18.7. The summed E-state index contributed by atoms with van der Waals surface area (Å²) in [6.07, 6.45) is 1.55. The Morgan fingerprint density at radius 1 is 1.15 bits per heavy atom. The Balaban J connectivity index is 1.75. The number of hydrogen-bond donors (Lipinski definition) is 2. The number of aromatic nitrogens is 4. The van der Waals surface area contributed by atoms with Crippen LogP contribution in [0.2, 0.25) is 0 Å². The van der Waals surface area contributed by atoms with E-state index in [9.17, 15) is 14.0 Å². The summed E-state index contributed by atoms with van der Waals surface area (Å²) in [4.78, 5) is 33.3.